The number of carbonyl (C=O) groups excluding carboxylic acids is 3. The largest absolute Gasteiger partial charge is 0.465 e. The Labute approximate surface area is 161 Å². The summed E-state index contributed by atoms with van der Waals surface area (Å²) in [7, 11) is 2.45. The van der Waals surface area contributed by atoms with Gasteiger partial charge in [-0.2, -0.15) is 0 Å². The molecule has 10 heteroatoms. The highest BCUT2D eigenvalue weighted by Crippen LogP contribution is 2.19. The molecule has 28 heavy (non-hydrogen) atoms. The first-order chi connectivity index (χ1) is 13.5. The standard InChI is InChI=1S/C18H21N5O5/c1-27-17(25)11-7-12(18(26)28-2)9-13(8-11)20-16(24)15-10-23(22-21-15)14-3-5-19-6-4-14/h7-10,14,19H,3-6H2,1-2H3,(H,20,24). The number of anilines is 1. The van der Waals surface area contributed by atoms with Crippen molar-refractivity contribution < 1.29 is 23.9 Å². The number of carbonyl (C=O) groups is 3. The third-order valence-electron chi connectivity index (χ3n) is 4.46. The molecule has 1 aliphatic rings. The van der Waals surface area contributed by atoms with Crippen LogP contribution >= 0.6 is 0 Å². The number of nitrogens with zero attached hydrogens (tertiary/aromatic N) is 3. The lowest BCUT2D eigenvalue weighted by molar-refractivity contribution is 0.0599. The quantitative estimate of drug-likeness (QED) is 0.729. The summed E-state index contributed by atoms with van der Waals surface area (Å²) < 4.78 is 11.1. The van der Waals surface area contributed by atoms with Gasteiger partial charge in [0.05, 0.1) is 37.6 Å². The van der Waals surface area contributed by atoms with Gasteiger partial charge in [-0.25, -0.2) is 14.3 Å². The van der Waals surface area contributed by atoms with Crippen LogP contribution in [0.5, 0.6) is 0 Å². The van der Waals surface area contributed by atoms with E-state index in [9.17, 15) is 14.4 Å². The molecule has 1 amide bonds. The second-order valence-corrected chi connectivity index (χ2v) is 6.30. The Hall–Kier alpha value is -3.27. The van der Waals surface area contributed by atoms with E-state index in [1.54, 1.807) is 10.9 Å². The predicted molar refractivity (Wildman–Crippen MR) is 98.2 cm³/mol. The predicted octanol–water partition coefficient (Wildman–Crippen LogP) is 1.03. The van der Waals surface area contributed by atoms with Crippen molar-refractivity contribution in [1.82, 2.24) is 20.3 Å². The lowest BCUT2D eigenvalue weighted by Gasteiger charge is -2.22. The number of aromatic nitrogens is 3. The molecule has 2 aromatic rings. The summed E-state index contributed by atoms with van der Waals surface area (Å²) in [5, 5.41) is 13.9. The molecule has 0 spiro atoms. The fourth-order valence-corrected chi connectivity index (χ4v) is 3.00. The van der Waals surface area contributed by atoms with Crippen molar-refractivity contribution in [1.29, 1.82) is 0 Å². The SMILES string of the molecule is COC(=O)c1cc(NC(=O)c2cn(C3CCNCC3)nn2)cc(C(=O)OC)c1. The van der Waals surface area contributed by atoms with Gasteiger partial charge < -0.3 is 20.1 Å². The number of methoxy groups -OCH3 is 2. The Balaban J connectivity index is 1.80. The third kappa shape index (κ3) is 4.34. The van der Waals surface area contributed by atoms with Crippen molar-refractivity contribution in [3.63, 3.8) is 0 Å². The number of hydrogen-bond donors (Lipinski definition) is 2. The third-order valence-corrected chi connectivity index (χ3v) is 4.46. The average Bonchev–Trinajstić information content (AvgIpc) is 3.23. The number of amides is 1. The van der Waals surface area contributed by atoms with Crippen molar-refractivity contribution in [2.75, 3.05) is 32.6 Å². The fraction of sp³-hybridized carbons (Fsp3) is 0.389. The number of esters is 2. The maximum absolute atomic E-state index is 12.5. The minimum atomic E-state index is -0.641. The monoisotopic (exact) mass is 387 g/mol. The van der Waals surface area contributed by atoms with Crippen LogP contribution in [-0.4, -0.2) is 60.1 Å². The summed E-state index contributed by atoms with van der Waals surface area (Å²) in [6.07, 6.45) is 3.42. The molecule has 0 saturated carbocycles. The highest BCUT2D eigenvalue weighted by molar-refractivity contribution is 6.04. The van der Waals surface area contributed by atoms with Gasteiger partial charge in [0, 0.05) is 5.69 Å². The van der Waals surface area contributed by atoms with Crippen LogP contribution < -0.4 is 10.6 Å². The van der Waals surface area contributed by atoms with Gasteiger partial charge in [0.1, 0.15) is 0 Å². The second-order valence-electron chi connectivity index (χ2n) is 6.30. The van der Waals surface area contributed by atoms with Crippen molar-refractivity contribution >= 4 is 23.5 Å². The number of ether oxygens (including phenoxy) is 2. The molecule has 1 saturated heterocycles. The van der Waals surface area contributed by atoms with Gasteiger partial charge in [-0.1, -0.05) is 5.21 Å². The van der Waals surface area contributed by atoms with Crippen LogP contribution in [0.2, 0.25) is 0 Å². The molecule has 1 aromatic carbocycles. The van der Waals surface area contributed by atoms with Crippen LogP contribution in [0.1, 0.15) is 50.1 Å². The molecule has 0 unspecified atom stereocenters. The molecule has 1 aliphatic heterocycles. The van der Waals surface area contributed by atoms with Gasteiger partial charge in [0.2, 0.25) is 0 Å². The van der Waals surface area contributed by atoms with E-state index in [2.05, 4.69) is 30.4 Å². The minimum absolute atomic E-state index is 0.110. The van der Waals surface area contributed by atoms with Gasteiger partial charge in [-0.05, 0) is 44.1 Å². The first-order valence-corrected chi connectivity index (χ1v) is 8.77. The molecule has 148 valence electrons. The van der Waals surface area contributed by atoms with Gasteiger partial charge in [0.15, 0.2) is 5.69 Å². The Kier molecular flexibility index (Phi) is 5.99. The van der Waals surface area contributed by atoms with Crippen LogP contribution in [0.3, 0.4) is 0 Å². The Bertz CT molecular complexity index is 854. The lowest BCUT2D eigenvalue weighted by Crippen LogP contribution is -2.29. The summed E-state index contributed by atoms with van der Waals surface area (Å²) in [5.74, 6) is -1.78. The highest BCUT2D eigenvalue weighted by atomic mass is 16.5. The zero-order valence-electron chi connectivity index (χ0n) is 15.6. The van der Waals surface area contributed by atoms with Crippen LogP contribution in [0.25, 0.3) is 0 Å². The summed E-state index contributed by atoms with van der Waals surface area (Å²) in [6, 6.07) is 4.35. The number of rotatable bonds is 5. The molecule has 0 aliphatic carbocycles. The Morgan fingerprint density at radius 2 is 1.68 bits per heavy atom. The van der Waals surface area contributed by atoms with Crippen molar-refractivity contribution in [2.45, 2.75) is 18.9 Å². The Morgan fingerprint density at radius 3 is 2.25 bits per heavy atom. The smallest absolute Gasteiger partial charge is 0.337 e. The van der Waals surface area contributed by atoms with E-state index in [-0.39, 0.29) is 28.6 Å². The second kappa shape index (κ2) is 8.61. The molecule has 10 nitrogen and oxygen atoms in total. The van der Waals surface area contributed by atoms with Gasteiger partial charge in [-0.15, -0.1) is 5.10 Å². The van der Waals surface area contributed by atoms with Crippen molar-refractivity contribution in [3.8, 4) is 0 Å². The number of benzene rings is 1. The molecule has 3 rings (SSSR count). The maximum atomic E-state index is 12.5. The average molecular weight is 387 g/mol. The van der Waals surface area contributed by atoms with E-state index in [0.29, 0.717) is 0 Å². The van der Waals surface area contributed by atoms with Crippen LogP contribution in [0.15, 0.2) is 24.4 Å². The topological polar surface area (TPSA) is 124 Å². The fourth-order valence-electron chi connectivity index (χ4n) is 3.00. The molecule has 0 atom stereocenters. The zero-order chi connectivity index (χ0) is 20.1. The summed E-state index contributed by atoms with van der Waals surface area (Å²) in [5.41, 5.74) is 0.601. The summed E-state index contributed by atoms with van der Waals surface area (Å²) in [4.78, 5) is 36.2. The first kappa shape index (κ1) is 19.5. The molecule has 1 fully saturated rings. The summed E-state index contributed by atoms with van der Waals surface area (Å²) in [6.45, 7) is 1.78. The van der Waals surface area contributed by atoms with E-state index in [1.807, 2.05) is 0 Å². The van der Waals surface area contributed by atoms with E-state index in [1.165, 1.54) is 32.4 Å². The van der Waals surface area contributed by atoms with Crippen LogP contribution in [0.4, 0.5) is 5.69 Å². The molecule has 2 N–H and O–H groups in total. The molecular weight excluding hydrogens is 366 g/mol. The van der Waals surface area contributed by atoms with Gasteiger partial charge in [-0.3, -0.25) is 4.79 Å². The molecule has 1 aromatic heterocycles. The molecular formula is C18H21N5O5. The van der Waals surface area contributed by atoms with Gasteiger partial charge in [0.25, 0.3) is 5.91 Å². The van der Waals surface area contributed by atoms with Crippen molar-refractivity contribution in [3.05, 3.63) is 41.2 Å². The van der Waals surface area contributed by atoms with Crippen LogP contribution in [-0.2, 0) is 9.47 Å². The van der Waals surface area contributed by atoms with E-state index >= 15 is 0 Å². The number of hydrogen-bond acceptors (Lipinski definition) is 8. The first-order valence-electron chi connectivity index (χ1n) is 8.77. The van der Waals surface area contributed by atoms with E-state index < -0.39 is 17.8 Å². The van der Waals surface area contributed by atoms with Crippen LogP contribution in [0, 0.1) is 0 Å². The zero-order valence-corrected chi connectivity index (χ0v) is 15.6. The number of nitrogens with one attached hydrogen (secondary N) is 2. The summed E-state index contributed by atoms with van der Waals surface area (Å²) >= 11 is 0. The Morgan fingerprint density at radius 1 is 1.07 bits per heavy atom. The van der Waals surface area contributed by atoms with E-state index in [4.69, 9.17) is 0 Å². The molecule has 0 bridgehead atoms. The minimum Gasteiger partial charge on any atom is -0.465 e. The van der Waals surface area contributed by atoms with Crippen molar-refractivity contribution in [2.24, 2.45) is 0 Å². The van der Waals surface area contributed by atoms with E-state index in [0.717, 1.165) is 25.9 Å². The molecule has 2 heterocycles. The normalized spacial score (nSPS) is 14.4. The highest BCUT2D eigenvalue weighted by Gasteiger charge is 2.20. The molecule has 0 radical (unpaired) electrons. The van der Waals surface area contributed by atoms with Gasteiger partial charge >= 0.3 is 11.9 Å². The number of piperidine rings is 1. The maximum Gasteiger partial charge on any atom is 0.337 e. The lowest BCUT2D eigenvalue weighted by atomic mass is 10.1.